The maximum atomic E-state index is 12.0. The Labute approximate surface area is 140 Å². The lowest BCUT2D eigenvalue weighted by atomic mass is 10.2. The van der Waals surface area contributed by atoms with Gasteiger partial charge in [0.25, 0.3) is 0 Å². The van der Waals surface area contributed by atoms with Crippen LogP contribution in [0, 0.1) is 0 Å². The molecule has 0 fully saturated rings. The van der Waals surface area contributed by atoms with Crippen molar-refractivity contribution in [3.05, 3.63) is 60.4 Å². The fraction of sp³-hybridized carbons (Fsp3) is 0.294. The Hall–Kier alpha value is -2.80. The number of hydrogen-bond donors (Lipinski definition) is 2. The van der Waals surface area contributed by atoms with Crippen LogP contribution in [0.15, 0.2) is 53.4 Å². The Morgan fingerprint density at radius 3 is 2.88 bits per heavy atom. The van der Waals surface area contributed by atoms with Crippen LogP contribution in [-0.2, 0) is 6.54 Å². The molecule has 1 atom stereocenters. The van der Waals surface area contributed by atoms with E-state index in [1.807, 2.05) is 66.1 Å². The number of fused-ring (bicyclic) bond motifs is 1. The number of hydrogen-bond acceptors (Lipinski definition) is 4. The summed E-state index contributed by atoms with van der Waals surface area (Å²) in [6.45, 7) is 0.832. The first-order valence-corrected chi connectivity index (χ1v) is 7.77. The molecule has 0 aliphatic carbocycles. The summed E-state index contributed by atoms with van der Waals surface area (Å²) in [4.78, 5) is 18.5. The number of rotatable bonds is 6. The van der Waals surface area contributed by atoms with Crippen LogP contribution in [0.5, 0.6) is 0 Å². The van der Waals surface area contributed by atoms with E-state index in [9.17, 15) is 4.79 Å². The van der Waals surface area contributed by atoms with Crippen molar-refractivity contribution in [2.24, 2.45) is 0 Å². The molecule has 0 saturated carbocycles. The van der Waals surface area contributed by atoms with E-state index in [4.69, 9.17) is 4.42 Å². The van der Waals surface area contributed by atoms with Crippen molar-refractivity contribution in [1.82, 2.24) is 24.9 Å². The number of carbonyl (C=O) groups is 1. The summed E-state index contributed by atoms with van der Waals surface area (Å²) in [7, 11) is 3.90. The predicted octanol–water partition coefficient (Wildman–Crippen LogP) is 2.03. The van der Waals surface area contributed by atoms with E-state index in [0.29, 0.717) is 13.1 Å². The van der Waals surface area contributed by atoms with E-state index in [0.717, 1.165) is 17.1 Å². The zero-order chi connectivity index (χ0) is 16.9. The Bertz CT molecular complexity index is 761. The second-order valence-corrected chi connectivity index (χ2v) is 5.76. The van der Waals surface area contributed by atoms with E-state index >= 15 is 0 Å². The van der Waals surface area contributed by atoms with Gasteiger partial charge in [0.1, 0.15) is 11.4 Å². The molecule has 24 heavy (non-hydrogen) atoms. The van der Waals surface area contributed by atoms with Crippen LogP contribution in [0.25, 0.3) is 5.65 Å². The monoisotopic (exact) mass is 327 g/mol. The van der Waals surface area contributed by atoms with Crippen molar-refractivity contribution >= 4 is 11.7 Å². The molecule has 0 spiro atoms. The van der Waals surface area contributed by atoms with Gasteiger partial charge in [-0.15, -0.1) is 0 Å². The van der Waals surface area contributed by atoms with Gasteiger partial charge in [0, 0.05) is 18.9 Å². The largest absolute Gasteiger partial charge is 0.468 e. The molecule has 126 valence electrons. The van der Waals surface area contributed by atoms with Gasteiger partial charge in [-0.3, -0.25) is 4.90 Å². The molecular weight excluding hydrogens is 306 g/mol. The smallest absolute Gasteiger partial charge is 0.315 e. The molecule has 3 aromatic rings. The molecule has 3 rings (SSSR count). The fourth-order valence-electron chi connectivity index (χ4n) is 2.51. The molecule has 0 aliphatic rings. The predicted molar refractivity (Wildman–Crippen MR) is 90.6 cm³/mol. The van der Waals surface area contributed by atoms with Crippen LogP contribution in [-0.4, -0.2) is 41.0 Å². The first-order valence-electron chi connectivity index (χ1n) is 7.77. The number of aromatic nitrogens is 2. The van der Waals surface area contributed by atoms with E-state index in [1.165, 1.54) is 0 Å². The van der Waals surface area contributed by atoms with Gasteiger partial charge in [-0.2, -0.15) is 0 Å². The summed E-state index contributed by atoms with van der Waals surface area (Å²) >= 11 is 0. The molecule has 0 radical (unpaired) electrons. The van der Waals surface area contributed by atoms with Crippen molar-refractivity contribution < 1.29 is 9.21 Å². The van der Waals surface area contributed by atoms with Crippen LogP contribution in [0.4, 0.5) is 4.79 Å². The minimum absolute atomic E-state index is 0.0130. The van der Waals surface area contributed by atoms with Crippen LogP contribution in [0.3, 0.4) is 0 Å². The topological polar surface area (TPSA) is 74.8 Å². The van der Waals surface area contributed by atoms with Crippen LogP contribution >= 0.6 is 0 Å². The highest BCUT2D eigenvalue weighted by molar-refractivity contribution is 5.73. The lowest BCUT2D eigenvalue weighted by Crippen LogP contribution is -2.40. The SMILES string of the molecule is CN(C)[C@H](CNC(=O)NCc1cn2ccccc2n1)c1ccco1. The zero-order valence-electron chi connectivity index (χ0n) is 13.8. The zero-order valence-corrected chi connectivity index (χ0v) is 13.8. The van der Waals surface area contributed by atoms with Gasteiger partial charge in [0.15, 0.2) is 0 Å². The second kappa shape index (κ2) is 7.18. The highest BCUT2D eigenvalue weighted by Crippen LogP contribution is 2.17. The molecule has 0 aromatic carbocycles. The fourth-order valence-corrected chi connectivity index (χ4v) is 2.51. The van der Waals surface area contributed by atoms with Crippen LogP contribution in [0.2, 0.25) is 0 Å². The number of imidazole rings is 1. The van der Waals surface area contributed by atoms with Gasteiger partial charge in [0.05, 0.1) is 24.5 Å². The van der Waals surface area contributed by atoms with Gasteiger partial charge in [-0.25, -0.2) is 9.78 Å². The molecule has 0 saturated heterocycles. The third kappa shape index (κ3) is 3.75. The number of amides is 2. The Kier molecular flexibility index (Phi) is 4.81. The minimum Gasteiger partial charge on any atom is -0.468 e. The van der Waals surface area contributed by atoms with E-state index in [-0.39, 0.29) is 12.1 Å². The molecule has 0 bridgehead atoms. The average Bonchev–Trinajstić information content (AvgIpc) is 3.22. The van der Waals surface area contributed by atoms with Gasteiger partial charge >= 0.3 is 6.03 Å². The second-order valence-electron chi connectivity index (χ2n) is 5.76. The molecule has 7 nitrogen and oxygen atoms in total. The molecule has 2 amide bonds. The van der Waals surface area contributed by atoms with Gasteiger partial charge < -0.3 is 19.5 Å². The van der Waals surface area contributed by atoms with Gasteiger partial charge in [-0.1, -0.05) is 6.07 Å². The molecule has 3 aromatic heterocycles. The van der Waals surface area contributed by atoms with Crippen molar-refractivity contribution in [2.45, 2.75) is 12.6 Å². The Balaban J connectivity index is 1.51. The molecule has 7 heteroatoms. The highest BCUT2D eigenvalue weighted by atomic mass is 16.3. The summed E-state index contributed by atoms with van der Waals surface area (Å²) in [6, 6.07) is 9.30. The van der Waals surface area contributed by atoms with E-state index in [2.05, 4.69) is 15.6 Å². The van der Waals surface area contributed by atoms with Crippen LogP contribution < -0.4 is 10.6 Å². The van der Waals surface area contributed by atoms with Crippen molar-refractivity contribution in [3.8, 4) is 0 Å². The molecular formula is C17H21N5O2. The number of carbonyl (C=O) groups excluding carboxylic acids is 1. The van der Waals surface area contributed by atoms with E-state index in [1.54, 1.807) is 6.26 Å². The normalized spacial score (nSPS) is 12.5. The number of nitrogens with zero attached hydrogens (tertiary/aromatic N) is 3. The number of nitrogens with one attached hydrogen (secondary N) is 2. The number of urea groups is 1. The molecule has 2 N–H and O–H groups in total. The van der Waals surface area contributed by atoms with Crippen molar-refractivity contribution in [2.75, 3.05) is 20.6 Å². The number of likely N-dealkylation sites (N-methyl/N-ethyl adjacent to an activating group) is 1. The molecule has 0 unspecified atom stereocenters. The molecule has 0 aliphatic heterocycles. The summed E-state index contributed by atoms with van der Waals surface area (Å²) in [5, 5.41) is 5.69. The highest BCUT2D eigenvalue weighted by Gasteiger charge is 2.17. The maximum Gasteiger partial charge on any atom is 0.315 e. The van der Waals surface area contributed by atoms with Gasteiger partial charge in [0.2, 0.25) is 0 Å². The van der Waals surface area contributed by atoms with Crippen LogP contribution in [0.1, 0.15) is 17.5 Å². The summed E-state index contributed by atoms with van der Waals surface area (Å²) in [6.07, 6.45) is 5.47. The first kappa shape index (κ1) is 16.1. The third-order valence-corrected chi connectivity index (χ3v) is 3.79. The summed E-state index contributed by atoms with van der Waals surface area (Å²) in [5.74, 6) is 0.820. The first-order chi connectivity index (χ1) is 11.6. The lowest BCUT2D eigenvalue weighted by Gasteiger charge is -2.22. The number of furan rings is 1. The number of pyridine rings is 1. The standard InChI is InChI=1S/C17H21N5O2/c1-21(2)14(15-6-5-9-24-15)11-19-17(23)18-10-13-12-22-8-4-3-7-16(22)20-13/h3-9,12,14H,10-11H2,1-2H3,(H2,18,19,23)/t14-/m1/s1. The van der Waals surface area contributed by atoms with E-state index < -0.39 is 0 Å². The Morgan fingerprint density at radius 2 is 2.17 bits per heavy atom. The lowest BCUT2D eigenvalue weighted by molar-refractivity contribution is 0.225. The summed E-state index contributed by atoms with van der Waals surface area (Å²) < 4.78 is 7.35. The van der Waals surface area contributed by atoms with Gasteiger partial charge in [-0.05, 0) is 38.4 Å². The maximum absolute atomic E-state index is 12.0. The van der Waals surface area contributed by atoms with Crippen molar-refractivity contribution in [3.63, 3.8) is 0 Å². The Morgan fingerprint density at radius 1 is 1.29 bits per heavy atom. The molecule has 3 heterocycles. The minimum atomic E-state index is -0.231. The van der Waals surface area contributed by atoms with Crippen molar-refractivity contribution in [1.29, 1.82) is 0 Å². The third-order valence-electron chi connectivity index (χ3n) is 3.79. The summed E-state index contributed by atoms with van der Waals surface area (Å²) in [5.41, 5.74) is 1.67. The average molecular weight is 327 g/mol. The quantitative estimate of drug-likeness (QED) is 0.726.